The second kappa shape index (κ2) is 10.3. The molecule has 0 radical (unpaired) electrons. The molecule has 0 atom stereocenters. The van der Waals surface area contributed by atoms with Crippen LogP contribution < -0.4 is 10.1 Å². The van der Waals surface area contributed by atoms with Crippen LogP contribution in [0.3, 0.4) is 0 Å². The summed E-state index contributed by atoms with van der Waals surface area (Å²) in [5.41, 5.74) is 2.53. The lowest BCUT2D eigenvalue weighted by Crippen LogP contribution is -2.40. The second-order valence-electron chi connectivity index (χ2n) is 7.31. The Balaban J connectivity index is 1.44. The quantitative estimate of drug-likeness (QED) is 0.576. The molecule has 2 aromatic rings. The molecule has 0 fully saturated rings. The maximum atomic E-state index is 12.7. The normalized spacial score (nSPS) is 14.0. The molecule has 1 aliphatic heterocycles. The molecule has 31 heavy (non-hydrogen) atoms. The van der Waals surface area contributed by atoms with Gasteiger partial charge in [0.25, 0.3) is 0 Å². The van der Waals surface area contributed by atoms with Crippen molar-refractivity contribution in [1.29, 1.82) is 0 Å². The molecule has 0 saturated carbocycles. The Morgan fingerprint density at radius 3 is 2.55 bits per heavy atom. The molecule has 0 bridgehead atoms. The Morgan fingerprint density at radius 2 is 1.84 bits per heavy atom. The first-order valence-corrected chi connectivity index (χ1v) is 12.0. The van der Waals surface area contributed by atoms with Crippen LogP contribution in [0.25, 0.3) is 0 Å². The molecule has 0 aromatic heterocycles. The van der Waals surface area contributed by atoms with Crippen molar-refractivity contribution in [3.63, 3.8) is 0 Å². The predicted molar refractivity (Wildman–Crippen MR) is 119 cm³/mol. The fraction of sp³-hybridized carbons (Fsp3) is 0.364. The number of nitrogens with zero attached hydrogens (tertiary/aromatic N) is 1. The molecule has 9 heteroatoms. The summed E-state index contributed by atoms with van der Waals surface area (Å²) in [5, 5.41) is 3.13. The minimum Gasteiger partial charge on any atom is -0.497 e. The molecule has 3 rings (SSSR count). The van der Waals surface area contributed by atoms with Gasteiger partial charge in [-0.25, -0.2) is 8.42 Å². The summed E-state index contributed by atoms with van der Waals surface area (Å²) >= 11 is 5.80. The standard InChI is InChI=1S/C22H25ClN2O5S/c1-30-20-7-4-18-15-25(12-10-17(18)14-20)31(28,29)13-11-24-22(27)9-8-21(26)16-2-5-19(23)6-3-16/h2-7,14H,8-13,15H2,1H3,(H,24,27). The predicted octanol–water partition coefficient (Wildman–Crippen LogP) is 2.82. The van der Waals surface area contributed by atoms with E-state index in [1.165, 1.54) is 4.31 Å². The largest absolute Gasteiger partial charge is 0.497 e. The monoisotopic (exact) mass is 464 g/mol. The molecule has 7 nitrogen and oxygen atoms in total. The van der Waals surface area contributed by atoms with Gasteiger partial charge in [0, 0.05) is 43.1 Å². The van der Waals surface area contributed by atoms with Crippen molar-refractivity contribution in [2.24, 2.45) is 0 Å². The first-order chi connectivity index (χ1) is 14.8. The Kier molecular flexibility index (Phi) is 7.69. The van der Waals surface area contributed by atoms with Crippen molar-refractivity contribution in [3.05, 3.63) is 64.2 Å². The van der Waals surface area contributed by atoms with Gasteiger partial charge in [-0.15, -0.1) is 0 Å². The van der Waals surface area contributed by atoms with Crippen LogP contribution in [0.5, 0.6) is 5.75 Å². The smallest absolute Gasteiger partial charge is 0.220 e. The number of methoxy groups -OCH3 is 1. The molecular weight excluding hydrogens is 440 g/mol. The summed E-state index contributed by atoms with van der Waals surface area (Å²) in [6.45, 7) is 0.708. The van der Waals surface area contributed by atoms with E-state index >= 15 is 0 Å². The molecular formula is C22H25ClN2O5S. The van der Waals surface area contributed by atoms with Crippen molar-refractivity contribution < 1.29 is 22.7 Å². The van der Waals surface area contributed by atoms with Gasteiger partial charge in [-0.05, 0) is 53.9 Å². The molecule has 0 unspecified atom stereocenters. The van der Waals surface area contributed by atoms with Crippen LogP contribution in [-0.4, -0.2) is 50.4 Å². The average Bonchev–Trinajstić information content (AvgIpc) is 2.77. The molecule has 1 amide bonds. The number of hydrogen-bond acceptors (Lipinski definition) is 5. The fourth-order valence-corrected chi connectivity index (χ4v) is 4.86. The zero-order valence-electron chi connectivity index (χ0n) is 17.3. The number of Topliss-reactive ketones (excluding diaryl/α,β-unsaturated/α-hetero) is 1. The first kappa shape index (κ1) is 23.2. The minimum atomic E-state index is -3.51. The van der Waals surface area contributed by atoms with Gasteiger partial charge in [0.2, 0.25) is 15.9 Å². The molecule has 1 heterocycles. The van der Waals surface area contributed by atoms with Crippen molar-refractivity contribution in [2.45, 2.75) is 25.8 Å². The van der Waals surface area contributed by atoms with E-state index in [2.05, 4.69) is 5.32 Å². The Hall–Kier alpha value is -2.42. The fourth-order valence-electron chi connectivity index (χ4n) is 3.41. The van der Waals surface area contributed by atoms with E-state index in [0.29, 0.717) is 30.1 Å². The topological polar surface area (TPSA) is 92.8 Å². The number of ketones is 1. The Bertz CT molecular complexity index is 1050. The number of carbonyl (C=O) groups is 2. The van der Waals surface area contributed by atoms with E-state index in [4.69, 9.17) is 16.3 Å². The molecule has 2 aromatic carbocycles. The van der Waals surface area contributed by atoms with E-state index in [9.17, 15) is 18.0 Å². The van der Waals surface area contributed by atoms with E-state index in [0.717, 1.165) is 16.9 Å². The first-order valence-electron chi connectivity index (χ1n) is 9.97. The van der Waals surface area contributed by atoms with Gasteiger partial charge in [-0.3, -0.25) is 9.59 Å². The van der Waals surface area contributed by atoms with E-state index in [1.54, 1.807) is 31.4 Å². The zero-order valence-corrected chi connectivity index (χ0v) is 18.8. The lowest BCUT2D eigenvalue weighted by Gasteiger charge is -2.28. The molecule has 0 aliphatic carbocycles. The van der Waals surface area contributed by atoms with Crippen LogP contribution in [-0.2, 0) is 27.8 Å². The average molecular weight is 465 g/mol. The van der Waals surface area contributed by atoms with Crippen LogP contribution in [0.2, 0.25) is 5.02 Å². The van der Waals surface area contributed by atoms with Crippen molar-refractivity contribution in [3.8, 4) is 5.75 Å². The van der Waals surface area contributed by atoms with Crippen LogP contribution in [0.15, 0.2) is 42.5 Å². The number of sulfonamides is 1. The van der Waals surface area contributed by atoms with Gasteiger partial charge in [-0.1, -0.05) is 17.7 Å². The summed E-state index contributed by atoms with van der Waals surface area (Å²) in [6.07, 6.45) is 0.665. The van der Waals surface area contributed by atoms with Gasteiger partial charge in [0.15, 0.2) is 5.78 Å². The lowest BCUT2D eigenvalue weighted by molar-refractivity contribution is -0.120. The number of hydrogen-bond donors (Lipinski definition) is 1. The minimum absolute atomic E-state index is 0.000427. The number of rotatable bonds is 9. The number of fused-ring (bicyclic) bond motifs is 1. The summed E-state index contributed by atoms with van der Waals surface area (Å²) in [7, 11) is -1.91. The molecule has 0 saturated heterocycles. The summed E-state index contributed by atoms with van der Waals surface area (Å²) in [6, 6.07) is 12.1. The third-order valence-corrected chi connectivity index (χ3v) is 7.28. The SMILES string of the molecule is COc1ccc2c(c1)CCN(S(=O)(=O)CCNC(=O)CCC(=O)c1ccc(Cl)cc1)C2. The number of amides is 1. The van der Waals surface area contributed by atoms with Crippen molar-refractivity contribution in [2.75, 3.05) is 26.0 Å². The van der Waals surface area contributed by atoms with Gasteiger partial charge in [0.05, 0.1) is 12.9 Å². The van der Waals surface area contributed by atoms with Crippen LogP contribution in [0.1, 0.15) is 34.3 Å². The Morgan fingerprint density at radius 1 is 1.10 bits per heavy atom. The number of ether oxygens (including phenoxy) is 1. The highest BCUT2D eigenvalue weighted by Crippen LogP contribution is 2.25. The van der Waals surface area contributed by atoms with Crippen LogP contribution >= 0.6 is 11.6 Å². The highest BCUT2D eigenvalue weighted by atomic mass is 35.5. The zero-order chi connectivity index (χ0) is 22.4. The maximum absolute atomic E-state index is 12.7. The highest BCUT2D eigenvalue weighted by Gasteiger charge is 2.26. The number of benzene rings is 2. The maximum Gasteiger partial charge on any atom is 0.220 e. The molecule has 1 N–H and O–H groups in total. The van der Waals surface area contributed by atoms with E-state index in [1.807, 2.05) is 18.2 Å². The van der Waals surface area contributed by atoms with Crippen molar-refractivity contribution >= 4 is 33.3 Å². The van der Waals surface area contributed by atoms with Crippen LogP contribution in [0.4, 0.5) is 0 Å². The van der Waals surface area contributed by atoms with Crippen molar-refractivity contribution in [1.82, 2.24) is 9.62 Å². The number of halogens is 1. The second-order valence-corrected chi connectivity index (χ2v) is 9.84. The van der Waals surface area contributed by atoms with Gasteiger partial charge >= 0.3 is 0 Å². The summed E-state index contributed by atoms with van der Waals surface area (Å²) in [4.78, 5) is 24.1. The third kappa shape index (κ3) is 6.29. The highest BCUT2D eigenvalue weighted by molar-refractivity contribution is 7.89. The van der Waals surface area contributed by atoms with Crippen LogP contribution in [0, 0.1) is 0 Å². The molecule has 0 spiro atoms. The summed E-state index contributed by atoms with van der Waals surface area (Å²) in [5.74, 6) is 0.0546. The van der Waals surface area contributed by atoms with E-state index < -0.39 is 10.0 Å². The number of carbonyl (C=O) groups excluding carboxylic acids is 2. The van der Waals surface area contributed by atoms with Gasteiger partial charge in [0.1, 0.15) is 5.75 Å². The number of nitrogens with one attached hydrogen (secondary N) is 1. The lowest BCUT2D eigenvalue weighted by atomic mass is 10.0. The van der Waals surface area contributed by atoms with Gasteiger partial charge in [-0.2, -0.15) is 4.31 Å². The van der Waals surface area contributed by atoms with Gasteiger partial charge < -0.3 is 10.1 Å². The van der Waals surface area contributed by atoms with E-state index in [-0.39, 0.29) is 36.8 Å². The molecule has 1 aliphatic rings. The third-order valence-electron chi connectivity index (χ3n) is 5.21. The Labute approximate surface area is 187 Å². The summed E-state index contributed by atoms with van der Waals surface area (Å²) < 4.78 is 32.0. The molecule has 166 valence electrons.